The highest BCUT2D eigenvalue weighted by atomic mass is 19.1. The van der Waals surface area contributed by atoms with Gasteiger partial charge >= 0.3 is 0 Å². The number of para-hydroxylation sites is 1. The van der Waals surface area contributed by atoms with Crippen LogP contribution in [0.25, 0.3) is 22.2 Å². The monoisotopic (exact) mass is 388 g/mol. The number of nitrogens with zero attached hydrogens (tertiary/aromatic N) is 3. The summed E-state index contributed by atoms with van der Waals surface area (Å²) in [7, 11) is 0. The minimum atomic E-state index is -0.334. The predicted molar refractivity (Wildman–Crippen MR) is 111 cm³/mol. The van der Waals surface area contributed by atoms with Gasteiger partial charge in [0, 0.05) is 48.1 Å². The third-order valence-electron chi connectivity index (χ3n) is 5.01. The van der Waals surface area contributed by atoms with E-state index < -0.39 is 0 Å². The fourth-order valence-corrected chi connectivity index (χ4v) is 3.46. The molecule has 0 saturated heterocycles. The minimum Gasteiger partial charge on any atom is -0.361 e. The molecule has 0 spiro atoms. The van der Waals surface area contributed by atoms with Crippen LogP contribution in [0.5, 0.6) is 0 Å². The Bertz CT molecular complexity index is 1140. The van der Waals surface area contributed by atoms with Crippen molar-refractivity contribution < 1.29 is 9.18 Å². The Hall–Kier alpha value is -3.54. The third kappa shape index (κ3) is 3.87. The molecule has 2 aromatic heterocycles. The van der Waals surface area contributed by atoms with Gasteiger partial charge in [-0.05, 0) is 49.2 Å². The Balaban J connectivity index is 1.57. The summed E-state index contributed by atoms with van der Waals surface area (Å²) in [5.74, 6) is -0.515. The number of aromatic nitrogens is 3. The zero-order chi connectivity index (χ0) is 20.2. The van der Waals surface area contributed by atoms with Crippen LogP contribution in [0.4, 0.5) is 4.39 Å². The van der Waals surface area contributed by atoms with Crippen molar-refractivity contribution in [1.82, 2.24) is 19.9 Å². The van der Waals surface area contributed by atoms with Gasteiger partial charge < -0.3 is 9.88 Å². The van der Waals surface area contributed by atoms with E-state index in [9.17, 15) is 9.18 Å². The quantitative estimate of drug-likeness (QED) is 0.530. The number of nitrogens with one attached hydrogen (secondary N) is 1. The summed E-state index contributed by atoms with van der Waals surface area (Å²) in [5, 5.41) is 1.17. The molecule has 0 fully saturated rings. The molecule has 0 aliphatic rings. The van der Waals surface area contributed by atoms with Crippen molar-refractivity contribution in [3.63, 3.8) is 0 Å². The molecule has 0 unspecified atom stereocenters. The van der Waals surface area contributed by atoms with Crippen LogP contribution in [0.1, 0.15) is 23.0 Å². The zero-order valence-corrected chi connectivity index (χ0v) is 16.1. The molecule has 1 N–H and O–H groups in total. The van der Waals surface area contributed by atoms with E-state index in [0.29, 0.717) is 24.3 Å². The van der Waals surface area contributed by atoms with Crippen LogP contribution in [0.2, 0.25) is 0 Å². The van der Waals surface area contributed by atoms with Crippen molar-refractivity contribution >= 4 is 16.8 Å². The molecule has 2 heterocycles. The topological polar surface area (TPSA) is 61.9 Å². The Kier molecular flexibility index (Phi) is 5.33. The number of fused-ring (bicyclic) bond motifs is 1. The lowest BCUT2D eigenvalue weighted by molar-refractivity contribution is 0.0761. The van der Waals surface area contributed by atoms with Gasteiger partial charge in [0.1, 0.15) is 11.5 Å². The van der Waals surface area contributed by atoms with E-state index in [4.69, 9.17) is 0 Å². The molecule has 4 rings (SSSR count). The fourth-order valence-electron chi connectivity index (χ4n) is 3.46. The van der Waals surface area contributed by atoms with E-state index >= 15 is 0 Å². The molecular formula is C23H21FN4O. The second-order valence-electron chi connectivity index (χ2n) is 6.75. The molecule has 146 valence electrons. The largest absolute Gasteiger partial charge is 0.361 e. The highest BCUT2D eigenvalue weighted by Gasteiger charge is 2.21. The van der Waals surface area contributed by atoms with Crippen molar-refractivity contribution in [3.8, 4) is 11.3 Å². The molecule has 0 saturated carbocycles. The van der Waals surface area contributed by atoms with Crippen molar-refractivity contribution in [2.45, 2.75) is 13.3 Å². The molecule has 0 aliphatic heterocycles. The molecule has 1 amide bonds. The highest BCUT2D eigenvalue weighted by molar-refractivity contribution is 5.98. The number of hydrogen-bond donors (Lipinski definition) is 1. The predicted octanol–water partition coefficient (Wildman–Crippen LogP) is 4.47. The maximum atomic E-state index is 13.3. The minimum absolute atomic E-state index is 0.181. The summed E-state index contributed by atoms with van der Waals surface area (Å²) >= 11 is 0. The summed E-state index contributed by atoms with van der Waals surface area (Å²) in [6.07, 6.45) is 5.77. The van der Waals surface area contributed by atoms with Gasteiger partial charge in [0.15, 0.2) is 5.69 Å². The van der Waals surface area contributed by atoms with Gasteiger partial charge in [0.25, 0.3) is 5.91 Å². The van der Waals surface area contributed by atoms with Gasteiger partial charge in [-0.15, -0.1) is 0 Å². The van der Waals surface area contributed by atoms with Crippen molar-refractivity contribution in [3.05, 3.63) is 84.2 Å². The molecule has 0 bridgehead atoms. The molecule has 6 heteroatoms. The average molecular weight is 388 g/mol. The van der Waals surface area contributed by atoms with Gasteiger partial charge in [0.05, 0.1) is 0 Å². The van der Waals surface area contributed by atoms with Crippen LogP contribution in [0, 0.1) is 5.82 Å². The first kappa shape index (κ1) is 18.8. The van der Waals surface area contributed by atoms with Gasteiger partial charge in [-0.25, -0.2) is 9.37 Å². The smallest absolute Gasteiger partial charge is 0.274 e. The number of H-pyrrole nitrogens is 1. The Morgan fingerprint density at radius 1 is 1.07 bits per heavy atom. The van der Waals surface area contributed by atoms with Crippen molar-refractivity contribution in [1.29, 1.82) is 0 Å². The maximum Gasteiger partial charge on any atom is 0.274 e. The average Bonchev–Trinajstić information content (AvgIpc) is 3.18. The highest BCUT2D eigenvalue weighted by Crippen LogP contribution is 2.22. The zero-order valence-electron chi connectivity index (χ0n) is 16.1. The number of halogens is 1. The maximum absolute atomic E-state index is 13.3. The van der Waals surface area contributed by atoms with Crippen molar-refractivity contribution in [2.75, 3.05) is 13.1 Å². The van der Waals surface area contributed by atoms with E-state index in [-0.39, 0.29) is 17.4 Å². The van der Waals surface area contributed by atoms with Crippen molar-refractivity contribution in [2.24, 2.45) is 0 Å². The molecule has 0 aliphatic carbocycles. The standard InChI is InChI=1S/C23H21FN4O/c1-2-28(14-11-17-15-27-20-6-4-3-5-19(17)20)23(29)22-21(25-12-13-26-22)16-7-9-18(24)10-8-16/h3-10,12-13,15,27H,2,11,14H2,1H3. The number of amides is 1. The molecule has 4 aromatic rings. The van der Waals surface area contributed by atoms with Crippen LogP contribution < -0.4 is 0 Å². The number of hydrogen-bond acceptors (Lipinski definition) is 3. The second-order valence-corrected chi connectivity index (χ2v) is 6.75. The SMILES string of the molecule is CCN(CCc1c[nH]c2ccccc12)C(=O)c1nccnc1-c1ccc(F)cc1. The van der Waals surface area contributed by atoms with Crippen LogP contribution in [0.15, 0.2) is 67.1 Å². The lowest BCUT2D eigenvalue weighted by Gasteiger charge is -2.21. The van der Waals surface area contributed by atoms with E-state index in [1.807, 2.05) is 31.3 Å². The summed E-state index contributed by atoms with van der Waals surface area (Å²) < 4.78 is 13.3. The number of rotatable bonds is 6. The first-order chi connectivity index (χ1) is 14.2. The fraction of sp³-hybridized carbons (Fsp3) is 0.174. The van der Waals surface area contributed by atoms with E-state index in [0.717, 1.165) is 11.9 Å². The lowest BCUT2D eigenvalue weighted by Crippen LogP contribution is -2.33. The number of carbonyl (C=O) groups excluding carboxylic acids is 1. The molecule has 0 atom stereocenters. The molecular weight excluding hydrogens is 367 g/mol. The summed E-state index contributed by atoms with van der Waals surface area (Å²) in [4.78, 5) is 26.9. The van der Waals surface area contributed by atoms with Gasteiger partial charge in [-0.3, -0.25) is 9.78 Å². The van der Waals surface area contributed by atoms with E-state index in [2.05, 4.69) is 21.0 Å². The van der Waals surface area contributed by atoms with Gasteiger partial charge in [-0.1, -0.05) is 18.2 Å². The number of carbonyl (C=O) groups is 1. The molecule has 29 heavy (non-hydrogen) atoms. The second kappa shape index (κ2) is 8.22. The van der Waals surface area contributed by atoms with Crippen LogP contribution >= 0.6 is 0 Å². The number of benzene rings is 2. The van der Waals surface area contributed by atoms with Crippen LogP contribution in [-0.2, 0) is 6.42 Å². The molecule has 2 aromatic carbocycles. The first-order valence-electron chi connectivity index (χ1n) is 9.58. The third-order valence-corrected chi connectivity index (χ3v) is 5.01. The Morgan fingerprint density at radius 3 is 2.62 bits per heavy atom. The van der Waals surface area contributed by atoms with Crippen LogP contribution in [-0.4, -0.2) is 38.8 Å². The lowest BCUT2D eigenvalue weighted by atomic mass is 10.1. The first-order valence-corrected chi connectivity index (χ1v) is 9.58. The number of likely N-dealkylation sites (N-methyl/N-ethyl adjacent to an activating group) is 1. The Morgan fingerprint density at radius 2 is 1.83 bits per heavy atom. The Labute approximate surface area is 168 Å². The summed E-state index contributed by atoms with van der Waals surface area (Å²) in [6, 6.07) is 14.0. The van der Waals surface area contributed by atoms with E-state index in [1.165, 1.54) is 35.5 Å². The summed E-state index contributed by atoms with van der Waals surface area (Å²) in [5.41, 5.74) is 3.66. The summed E-state index contributed by atoms with van der Waals surface area (Å²) in [6.45, 7) is 3.07. The van der Waals surface area contributed by atoms with Gasteiger partial charge in [-0.2, -0.15) is 0 Å². The van der Waals surface area contributed by atoms with Gasteiger partial charge in [0.2, 0.25) is 0 Å². The van der Waals surface area contributed by atoms with E-state index in [1.54, 1.807) is 17.0 Å². The molecule has 0 radical (unpaired) electrons. The number of aromatic amines is 1. The molecule has 5 nitrogen and oxygen atoms in total. The van der Waals surface area contributed by atoms with Crippen LogP contribution in [0.3, 0.4) is 0 Å². The normalized spacial score (nSPS) is 11.0.